The highest BCUT2D eigenvalue weighted by molar-refractivity contribution is 9.10. The van der Waals surface area contributed by atoms with Crippen LogP contribution in [0.3, 0.4) is 0 Å². The molecule has 3 nitrogen and oxygen atoms in total. The number of sulfone groups is 1. The summed E-state index contributed by atoms with van der Waals surface area (Å²) in [5, 5.41) is 0. The van der Waals surface area contributed by atoms with Gasteiger partial charge in [-0.25, -0.2) is 8.42 Å². The molecule has 2 N–H and O–H groups in total. The minimum absolute atomic E-state index is 0.282. The molecule has 1 aromatic rings. The van der Waals surface area contributed by atoms with Crippen molar-refractivity contribution in [3.8, 4) is 0 Å². The van der Waals surface area contributed by atoms with Gasteiger partial charge in [0.05, 0.1) is 4.90 Å². The van der Waals surface area contributed by atoms with Crippen LogP contribution in [-0.4, -0.2) is 14.7 Å². The Morgan fingerprint density at radius 2 is 1.87 bits per heavy atom. The Kier molecular flexibility index (Phi) is 3.28. The number of halogens is 1. The maximum Gasteiger partial charge on any atom is 0.175 e. The van der Waals surface area contributed by atoms with Crippen molar-refractivity contribution < 1.29 is 8.42 Å². The van der Waals surface area contributed by atoms with E-state index in [-0.39, 0.29) is 4.90 Å². The standard InChI is InChI=1S/C10H14BrNO2S/c1-10(2,12)9-7(11)5-4-6-8(9)15(3,13)14/h4-6H,12H2,1-3H3. The predicted molar refractivity (Wildman–Crippen MR) is 64.5 cm³/mol. The van der Waals surface area contributed by atoms with Crippen LogP contribution in [0.15, 0.2) is 27.6 Å². The minimum atomic E-state index is -3.25. The van der Waals surface area contributed by atoms with Crippen molar-refractivity contribution in [2.24, 2.45) is 5.73 Å². The third kappa shape index (κ3) is 2.80. The summed E-state index contributed by atoms with van der Waals surface area (Å²) in [6, 6.07) is 5.05. The van der Waals surface area contributed by atoms with E-state index in [1.54, 1.807) is 32.0 Å². The van der Waals surface area contributed by atoms with Crippen molar-refractivity contribution >= 4 is 25.8 Å². The molecule has 0 saturated carbocycles. The summed E-state index contributed by atoms with van der Waals surface area (Å²) in [7, 11) is -3.25. The maximum absolute atomic E-state index is 11.6. The van der Waals surface area contributed by atoms with Gasteiger partial charge in [0.2, 0.25) is 0 Å². The van der Waals surface area contributed by atoms with Crippen LogP contribution in [0, 0.1) is 0 Å². The van der Waals surface area contributed by atoms with Gasteiger partial charge < -0.3 is 5.73 Å². The molecule has 0 atom stereocenters. The molecule has 0 unspecified atom stereocenters. The first-order valence-electron chi connectivity index (χ1n) is 4.42. The molecule has 15 heavy (non-hydrogen) atoms. The van der Waals surface area contributed by atoms with Crippen LogP contribution in [0.25, 0.3) is 0 Å². The Labute approximate surface area is 98.7 Å². The topological polar surface area (TPSA) is 60.2 Å². The van der Waals surface area contributed by atoms with Crippen LogP contribution in [0.1, 0.15) is 19.4 Å². The lowest BCUT2D eigenvalue weighted by molar-refractivity contribution is 0.533. The Hall–Kier alpha value is -0.390. The molecular formula is C10H14BrNO2S. The fourth-order valence-electron chi connectivity index (χ4n) is 1.44. The fourth-order valence-corrected chi connectivity index (χ4v) is 3.52. The second-order valence-electron chi connectivity index (χ2n) is 4.11. The lowest BCUT2D eigenvalue weighted by Crippen LogP contribution is -2.31. The predicted octanol–water partition coefficient (Wildman–Crippen LogP) is 2.05. The summed E-state index contributed by atoms with van der Waals surface area (Å²) in [4.78, 5) is 0.282. The molecular weight excluding hydrogens is 278 g/mol. The third-order valence-electron chi connectivity index (χ3n) is 2.02. The van der Waals surface area contributed by atoms with Crippen molar-refractivity contribution in [1.29, 1.82) is 0 Å². The first-order chi connectivity index (χ1) is 6.64. The van der Waals surface area contributed by atoms with Gasteiger partial charge in [-0.3, -0.25) is 0 Å². The first kappa shape index (κ1) is 12.7. The normalized spacial score (nSPS) is 12.9. The second-order valence-corrected chi connectivity index (χ2v) is 6.95. The molecule has 84 valence electrons. The molecule has 0 aromatic heterocycles. The number of hydrogen-bond acceptors (Lipinski definition) is 3. The van der Waals surface area contributed by atoms with Crippen LogP contribution < -0.4 is 5.73 Å². The molecule has 0 amide bonds. The average molecular weight is 292 g/mol. The van der Waals surface area contributed by atoms with Crippen molar-refractivity contribution in [1.82, 2.24) is 0 Å². The van der Waals surface area contributed by atoms with Gasteiger partial charge >= 0.3 is 0 Å². The van der Waals surface area contributed by atoms with Crippen LogP contribution in [-0.2, 0) is 15.4 Å². The highest BCUT2D eigenvalue weighted by atomic mass is 79.9. The van der Waals surface area contributed by atoms with Crippen molar-refractivity contribution in [3.63, 3.8) is 0 Å². The molecule has 0 aliphatic carbocycles. The summed E-state index contributed by atoms with van der Waals surface area (Å²) in [6.45, 7) is 3.56. The lowest BCUT2D eigenvalue weighted by Gasteiger charge is -2.23. The summed E-state index contributed by atoms with van der Waals surface area (Å²) in [5.41, 5.74) is 5.88. The van der Waals surface area contributed by atoms with E-state index in [1.807, 2.05) is 0 Å². The fraction of sp³-hybridized carbons (Fsp3) is 0.400. The molecule has 1 rings (SSSR count). The van der Waals surface area contributed by atoms with E-state index in [0.717, 1.165) is 4.47 Å². The minimum Gasteiger partial charge on any atom is -0.322 e. The van der Waals surface area contributed by atoms with Gasteiger partial charge in [-0.05, 0) is 26.0 Å². The lowest BCUT2D eigenvalue weighted by atomic mass is 9.96. The summed E-state index contributed by atoms with van der Waals surface area (Å²) in [5.74, 6) is 0. The van der Waals surface area contributed by atoms with Gasteiger partial charge in [-0.15, -0.1) is 0 Å². The zero-order valence-electron chi connectivity index (χ0n) is 8.91. The zero-order valence-corrected chi connectivity index (χ0v) is 11.3. The van der Waals surface area contributed by atoms with Crippen LogP contribution in [0.4, 0.5) is 0 Å². The summed E-state index contributed by atoms with van der Waals surface area (Å²) in [6.07, 6.45) is 1.18. The smallest absolute Gasteiger partial charge is 0.175 e. The summed E-state index contributed by atoms with van der Waals surface area (Å²) < 4.78 is 23.9. The molecule has 0 aliphatic rings. The molecule has 0 spiro atoms. The largest absolute Gasteiger partial charge is 0.322 e. The summed E-state index contributed by atoms with van der Waals surface area (Å²) >= 11 is 3.33. The second kappa shape index (κ2) is 3.88. The number of benzene rings is 1. The number of nitrogens with two attached hydrogens (primary N) is 1. The molecule has 5 heteroatoms. The molecule has 0 fully saturated rings. The van der Waals surface area contributed by atoms with E-state index < -0.39 is 15.4 Å². The van der Waals surface area contributed by atoms with Gasteiger partial charge in [0.25, 0.3) is 0 Å². The highest BCUT2D eigenvalue weighted by Crippen LogP contribution is 2.32. The van der Waals surface area contributed by atoms with E-state index >= 15 is 0 Å². The van der Waals surface area contributed by atoms with Crippen molar-refractivity contribution in [2.75, 3.05) is 6.26 Å². The van der Waals surface area contributed by atoms with E-state index in [1.165, 1.54) is 6.26 Å². The quantitative estimate of drug-likeness (QED) is 0.907. The molecule has 0 heterocycles. The Balaban J connectivity index is 3.63. The van der Waals surface area contributed by atoms with Gasteiger partial charge in [0.1, 0.15) is 0 Å². The van der Waals surface area contributed by atoms with E-state index in [0.29, 0.717) is 5.56 Å². The number of rotatable bonds is 2. The van der Waals surface area contributed by atoms with Crippen LogP contribution >= 0.6 is 15.9 Å². The average Bonchev–Trinajstić information content (AvgIpc) is 1.99. The molecule has 1 aromatic carbocycles. The SMILES string of the molecule is CC(C)(N)c1c(Br)cccc1S(C)(=O)=O. The molecule has 0 bridgehead atoms. The van der Waals surface area contributed by atoms with Gasteiger partial charge in [-0.1, -0.05) is 22.0 Å². The monoisotopic (exact) mass is 291 g/mol. The Bertz CT molecular complexity index is 475. The van der Waals surface area contributed by atoms with E-state index in [2.05, 4.69) is 15.9 Å². The molecule has 0 saturated heterocycles. The molecule has 0 radical (unpaired) electrons. The van der Waals surface area contributed by atoms with Crippen molar-refractivity contribution in [3.05, 3.63) is 28.2 Å². The first-order valence-corrected chi connectivity index (χ1v) is 7.10. The Morgan fingerprint density at radius 3 is 2.20 bits per heavy atom. The Morgan fingerprint density at radius 1 is 1.33 bits per heavy atom. The van der Waals surface area contributed by atoms with Crippen LogP contribution in [0.2, 0.25) is 0 Å². The third-order valence-corrected chi connectivity index (χ3v) is 3.82. The zero-order chi connectivity index (χ0) is 11.9. The highest BCUT2D eigenvalue weighted by Gasteiger charge is 2.25. The maximum atomic E-state index is 11.6. The van der Waals surface area contributed by atoms with Gasteiger partial charge in [0.15, 0.2) is 9.84 Å². The molecule has 0 aliphatic heterocycles. The van der Waals surface area contributed by atoms with Crippen LogP contribution in [0.5, 0.6) is 0 Å². The van der Waals surface area contributed by atoms with Gasteiger partial charge in [-0.2, -0.15) is 0 Å². The number of hydrogen-bond donors (Lipinski definition) is 1. The van der Waals surface area contributed by atoms with E-state index in [4.69, 9.17) is 5.73 Å². The van der Waals surface area contributed by atoms with E-state index in [9.17, 15) is 8.42 Å². The van der Waals surface area contributed by atoms with Gasteiger partial charge in [0, 0.05) is 21.8 Å². The van der Waals surface area contributed by atoms with Crippen molar-refractivity contribution in [2.45, 2.75) is 24.3 Å².